The third kappa shape index (κ3) is 4.18. The minimum absolute atomic E-state index is 0.00345. The highest BCUT2D eigenvalue weighted by Gasteiger charge is 2.53. The van der Waals surface area contributed by atoms with Gasteiger partial charge in [-0.15, -0.1) is 0 Å². The largest absolute Gasteiger partial charge is 0.316 e. The predicted octanol–water partition coefficient (Wildman–Crippen LogP) is 7.54. The van der Waals surface area contributed by atoms with E-state index in [4.69, 9.17) is 0 Å². The molecule has 0 aliphatic rings. The summed E-state index contributed by atoms with van der Waals surface area (Å²) in [4.78, 5) is 0. The summed E-state index contributed by atoms with van der Waals surface area (Å²) < 4.78 is 2.66. The van der Waals surface area contributed by atoms with Crippen LogP contribution >= 0.6 is 0 Å². The molecule has 5 aromatic rings. The van der Waals surface area contributed by atoms with Gasteiger partial charge in [-0.3, -0.25) is 0 Å². The number of rotatable bonds is 7. The molecule has 1 heterocycles. The van der Waals surface area contributed by atoms with Crippen molar-refractivity contribution >= 4 is 23.8 Å². The Labute approximate surface area is 229 Å². The first-order chi connectivity index (χ1) is 18.4. The summed E-state index contributed by atoms with van der Waals surface area (Å²) in [7, 11) is -2.62. The van der Waals surface area contributed by atoms with Crippen LogP contribution in [0.1, 0.15) is 45.7 Å². The molecule has 5 rings (SSSR count). The second-order valence-corrected chi connectivity index (χ2v) is 15.8. The standard InChI is InChI=1S/C36H39NSi/c1-6-32-33(7-2)35(37(29-22-14-9-15-23-29)34(32)28-20-12-8-13-21-28)38(36(3,4)5,30-24-16-10-17-25-30)31-26-18-11-19-27-31/h8-27H,6-7H2,1-5H3. The Morgan fingerprint density at radius 3 is 1.39 bits per heavy atom. The summed E-state index contributed by atoms with van der Waals surface area (Å²) in [5, 5.41) is 4.45. The summed E-state index contributed by atoms with van der Waals surface area (Å²) in [5.41, 5.74) is 6.87. The Morgan fingerprint density at radius 2 is 0.974 bits per heavy atom. The molecule has 38 heavy (non-hydrogen) atoms. The van der Waals surface area contributed by atoms with Gasteiger partial charge in [0.05, 0.1) is 5.69 Å². The Bertz CT molecular complexity index is 1440. The summed E-state index contributed by atoms with van der Waals surface area (Å²) in [6.45, 7) is 12.1. The number of nitrogens with zero attached hydrogens (tertiary/aromatic N) is 1. The SMILES string of the molecule is CCc1c(CC)c([Si](c2ccccc2)(c2ccccc2)C(C)(C)C)n(-c2ccccc2)c1-c1ccccc1. The highest BCUT2D eigenvalue weighted by atomic mass is 28.3. The van der Waals surface area contributed by atoms with Gasteiger partial charge in [-0.05, 0) is 57.1 Å². The maximum atomic E-state index is 2.66. The molecule has 0 radical (unpaired) electrons. The van der Waals surface area contributed by atoms with Crippen molar-refractivity contribution in [2.45, 2.75) is 52.5 Å². The van der Waals surface area contributed by atoms with Crippen LogP contribution in [0.2, 0.25) is 5.04 Å². The molecule has 0 spiro atoms. The van der Waals surface area contributed by atoms with Crippen LogP contribution in [0.4, 0.5) is 0 Å². The maximum Gasteiger partial charge on any atom is 0.174 e. The Kier molecular flexibility index (Phi) is 7.27. The Hall–Kier alpha value is -3.62. The highest BCUT2D eigenvalue weighted by molar-refractivity contribution is 7.13. The van der Waals surface area contributed by atoms with Gasteiger partial charge in [-0.1, -0.05) is 144 Å². The first-order valence-corrected chi connectivity index (χ1v) is 15.9. The molecule has 0 atom stereocenters. The minimum Gasteiger partial charge on any atom is -0.316 e. The first-order valence-electron chi connectivity index (χ1n) is 13.9. The van der Waals surface area contributed by atoms with Gasteiger partial charge in [0.15, 0.2) is 8.07 Å². The van der Waals surface area contributed by atoms with E-state index >= 15 is 0 Å². The van der Waals surface area contributed by atoms with Crippen LogP contribution in [0.5, 0.6) is 0 Å². The second kappa shape index (κ2) is 10.6. The van der Waals surface area contributed by atoms with Gasteiger partial charge in [0.2, 0.25) is 0 Å². The van der Waals surface area contributed by atoms with E-state index in [9.17, 15) is 0 Å². The molecule has 0 aliphatic carbocycles. The molecule has 0 unspecified atom stereocenters. The zero-order chi connectivity index (χ0) is 26.8. The monoisotopic (exact) mass is 513 g/mol. The number of hydrogen-bond donors (Lipinski definition) is 0. The van der Waals surface area contributed by atoms with Crippen molar-refractivity contribution in [3.05, 3.63) is 132 Å². The van der Waals surface area contributed by atoms with Crippen LogP contribution < -0.4 is 15.7 Å². The molecule has 1 aromatic heterocycles. The Balaban J connectivity index is 2.07. The molecule has 0 saturated carbocycles. The zero-order valence-corrected chi connectivity index (χ0v) is 24.4. The van der Waals surface area contributed by atoms with Crippen LogP contribution in [0.3, 0.4) is 0 Å². The van der Waals surface area contributed by atoms with E-state index < -0.39 is 8.07 Å². The molecule has 4 aromatic carbocycles. The number of hydrogen-bond acceptors (Lipinski definition) is 0. The molecular formula is C36H39NSi. The van der Waals surface area contributed by atoms with Crippen molar-refractivity contribution in [2.75, 3.05) is 0 Å². The van der Waals surface area contributed by atoms with Crippen molar-refractivity contribution in [2.24, 2.45) is 0 Å². The van der Waals surface area contributed by atoms with Gasteiger partial charge in [0.25, 0.3) is 0 Å². The third-order valence-corrected chi connectivity index (χ3v) is 13.9. The van der Waals surface area contributed by atoms with Crippen molar-refractivity contribution in [3.8, 4) is 16.9 Å². The summed E-state index contributed by atoms with van der Waals surface area (Å²) >= 11 is 0. The topological polar surface area (TPSA) is 4.93 Å². The molecule has 192 valence electrons. The normalized spacial score (nSPS) is 12.0. The van der Waals surface area contributed by atoms with Crippen LogP contribution in [0, 0.1) is 0 Å². The Morgan fingerprint density at radius 1 is 0.553 bits per heavy atom. The van der Waals surface area contributed by atoms with Gasteiger partial charge in [0.1, 0.15) is 0 Å². The molecule has 0 saturated heterocycles. The summed E-state index contributed by atoms with van der Waals surface area (Å²) in [6.07, 6.45) is 2.00. The molecule has 0 N–H and O–H groups in total. The third-order valence-electron chi connectivity index (χ3n) is 8.05. The molecule has 2 heteroatoms. The molecule has 1 nitrogen and oxygen atoms in total. The fraction of sp³-hybridized carbons (Fsp3) is 0.222. The summed E-state index contributed by atoms with van der Waals surface area (Å²) in [5.74, 6) is 0. The molecule has 0 bridgehead atoms. The molecule has 0 aliphatic heterocycles. The van der Waals surface area contributed by atoms with Crippen LogP contribution in [0.15, 0.2) is 121 Å². The molecule has 0 fully saturated rings. The van der Waals surface area contributed by atoms with Crippen LogP contribution in [0.25, 0.3) is 16.9 Å². The number of benzene rings is 4. The van der Waals surface area contributed by atoms with Gasteiger partial charge in [0, 0.05) is 11.0 Å². The summed E-state index contributed by atoms with van der Waals surface area (Å²) in [6, 6.07) is 44.8. The van der Waals surface area contributed by atoms with Crippen molar-refractivity contribution in [1.82, 2.24) is 4.57 Å². The minimum atomic E-state index is -2.62. The van der Waals surface area contributed by atoms with Crippen molar-refractivity contribution in [3.63, 3.8) is 0 Å². The fourth-order valence-electron chi connectivity index (χ4n) is 6.60. The van der Waals surface area contributed by atoms with E-state index in [1.54, 1.807) is 0 Å². The molecular weight excluding hydrogens is 474 g/mol. The fourth-order valence-corrected chi connectivity index (χ4v) is 12.7. The average molecular weight is 514 g/mol. The second-order valence-electron chi connectivity index (χ2n) is 11.1. The van der Waals surface area contributed by atoms with E-state index in [-0.39, 0.29) is 5.04 Å². The van der Waals surface area contributed by atoms with E-state index in [1.807, 2.05) is 0 Å². The van der Waals surface area contributed by atoms with Crippen molar-refractivity contribution < 1.29 is 0 Å². The number of aromatic nitrogens is 1. The van der Waals surface area contributed by atoms with E-state index in [2.05, 4.69) is 161 Å². The maximum absolute atomic E-state index is 2.66. The van der Waals surface area contributed by atoms with Gasteiger partial charge >= 0.3 is 0 Å². The van der Waals surface area contributed by atoms with E-state index in [0.29, 0.717) is 0 Å². The zero-order valence-electron chi connectivity index (χ0n) is 23.4. The van der Waals surface area contributed by atoms with Gasteiger partial charge in [-0.2, -0.15) is 0 Å². The van der Waals surface area contributed by atoms with Gasteiger partial charge in [-0.25, -0.2) is 0 Å². The van der Waals surface area contributed by atoms with Gasteiger partial charge < -0.3 is 4.57 Å². The lowest BCUT2D eigenvalue weighted by Gasteiger charge is -2.45. The number of para-hydroxylation sites is 1. The van der Waals surface area contributed by atoms with Crippen LogP contribution in [-0.4, -0.2) is 12.6 Å². The average Bonchev–Trinajstić information content (AvgIpc) is 3.29. The lowest BCUT2D eigenvalue weighted by Crippen LogP contribution is -2.74. The smallest absolute Gasteiger partial charge is 0.174 e. The lowest BCUT2D eigenvalue weighted by atomic mass is 10.0. The highest BCUT2D eigenvalue weighted by Crippen LogP contribution is 2.40. The van der Waals surface area contributed by atoms with Crippen molar-refractivity contribution in [1.29, 1.82) is 0 Å². The van der Waals surface area contributed by atoms with E-state index in [0.717, 1.165) is 12.8 Å². The lowest BCUT2D eigenvalue weighted by molar-refractivity contribution is 0.736. The quantitative estimate of drug-likeness (QED) is 0.198. The molecule has 0 amide bonds. The van der Waals surface area contributed by atoms with E-state index in [1.165, 1.54) is 43.8 Å². The van der Waals surface area contributed by atoms with Crippen LogP contribution in [-0.2, 0) is 12.8 Å². The predicted molar refractivity (Wildman–Crippen MR) is 167 cm³/mol. The first kappa shape index (κ1) is 26.0.